The maximum atomic E-state index is 12.7. The molecule has 0 saturated carbocycles. The number of benzene rings is 2. The van der Waals surface area contributed by atoms with Gasteiger partial charge in [-0.3, -0.25) is 0 Å². The van der Waals surface area contributed by atoms with Gasteiger partial charge in [-0.15, -0.1) is 0 Å². The third kappa shape index (κ3) is 4.23. The summed E-state index contributed by atoms with van der Waals surface area (Å²) < 4.78 is 24.6. The standard InChI is InChI=1S/C16H12FNOS/c17-16-7-5-13(6-8-16)9-10-20(19)12-15-3-1-14(11-18)2-4-15/h1-10H,12H2. The van der Waals surface area contributed by atoms with Crippen molar-refractivity contribution in [2.75, 3.05) is 0 Å². The Balaban J connectivity index is 1.96. The molecule has 0 saturated heterocycles. The van der Waals surface area contributed by atoms with Crippen molar-refractivity contribution in [2.45, 2.75) is 5.75 Å². The van der Waals surface area contributed by atoms with Gasteiger partial charge >= 0.3 is 0 Å². The Labute approximate surface area is 120 Å². The summed E-state index contributed by atoms with van der Waals surface area (Å²) in [5.41, 5.74) is 2.30. The summed E-state index contributed by atoms with van der Waals surface area (Å²) in [6.07, 6.45) is 1.71. The average molecular weight is 285 g/mol. The zero-order valence-corrected chi connectivity index (χ0v) is 11.4. The first kappa shape index (κ1) is 14.3. The molecule has 0 spiro atoms. The SMILES string of the molecule is N#Cc1ccc(C[S+]([O-])C=Cc2ccc(F)cc2)cc1. The summed E-state index contributed by atoms with van der Waals surface area (Å²) in [6.45, 7) is 0. The molecule has 2 nitrogen and oxygen atoms in total. The number of hydrogen-bond acceptors (Lipinski definition) is 2. The molecule has 0 fully saturated rings. The van der Waals surface area contributed by atoms with E-state index in [1.165, 1.54) is 12.1 Å². The van der Waals surface area contributed by atoms with E-state index in [1.807, 2.05) is 6.07 Å². The lowest BCUT2D eigenvalue weighted by Gasteiger charge is -2.05. The molecule has 0 amide bonds. The molecular weight excluding hydrogens is 273 g/mol. The highest BCUT2D eigenvalue weighted by molar-refractivity contribution is 7.93. The summed E-state index contributed by atoms with van der Waals surface area (Å²) in [5, 5.41) is 10.3. The number of rotatable bonds is 4. The van der Waals surface area contributed by atoms with E-state index in [4.69, 9.17) is 5.26 Å². The third-order valence-corrected chi connectivity index (χ3v) is 3.73. The fourth-order valence-corrected chi connectivity index (χ4v) is 2.54. The molecule has 0 N–H and O–H groups in total. The van der Waals surface area contributed by atoms with E-state index in [0.717, 1.165) is 11.1 Å². The maximum absolute atomic E-state index is 12.7. The summed E-state index contributed by atoms with van der Waals surface area (Å²) in [6, 6.07) is 15.0. The lowest BCUT2D eigenvalue weighted by molar-refractivity contribution is 0.603. The van der Waals surface area contributed by atoms with E-state index in [1.54, 1.807) is 47.9 Å². The second kappa shape index (κ2) is 6.90. The van der Waals surface area contributed by atoms with Crippen LogP contribution in [0.5, 0.6) is 0 Å². The number of halogens is 1. The topological polar surface area (TPSA) is 46.8 Å². The molecule has 2 rings (SSSR count). The molecule has 20 heavy (non-hydrogen) atoms. The first-order valence-corrected chi connectivity index (χ1v) is 7.35. The fraction of sp³-hybridized carbons (Fsp3) is 0.0625. The van der Waals surface area contributed by atoms with Crippen molar-refractivity contribution in [1.29, 1.82) is 5.26 Å². The quantitative estimate of drug-likeness (QED) is 0.805. The Morgan fingerprint density at radius 3 is 2.35 bits per heavy atom. The molecule has 4 heteroatoms. The van der Waals surface area contributed by atoms with E-state index in [9.17, 15) is 8.94 Å². The highest BCUT2D eigenvalue weighted by Gasteiger charge is 2.04. The number of nitrogens with zero attached hydrogens (tertiary/aromatic N) is 1. The monoisotopic (exact) mass is 285 g/mol. The van der Waals surface area contributed by atoms with Crippen molar-refractivity contribution < 1.29 is 8.94 Å². The van der Waals surface area contributed by atoms with Crippen molar-refractivity contribution in [3.63, 3.8) is 0 Å². The van der Waals surface area contributed by atoms with E-state index in [2.05, 4.69) is 0 Å². The minimum absolute atomic E-state index is 0.291. The smallest absolute Gasteiger partial charge is 0.135 e. The van der Waals surface area contributed by atoms with Gasteiger partial charge in [0.1, 0.15) is 17.0 Å². The van der Waals surface area contributed by atoms with Gasteiger partial charge in [-0.1, -0.05) is 24.3 Å². The molecule has 0 aromatic heterocycles. The Bertz CT molecular complexity index is 629. The van der Waals surface area contributed by atoms with Gasteiger partial charge in [0.2, 0.25) is 0 Å². The molecule has 0 bridgehead atoms. The lowest BCUT2D eigenvalue weighted by atomic mass is 10.2. The Morgan fingerprint density at radius 1 is 1.10 bits per heavy atom. The minimum Gasteiger partial charge on any atom is -0.612 e. The van der Waals surface area contributed by atoms with Gasteiger partial charge < -0.3 is 4.55 Å². The van der Waals surface area contributed by atoms with Crippen molar-refractivity contribution in [3.8, 4) is 6.07 Å². The molecule has 1 unspecified atom stereocenters. The zero-order chi connectivity index (χ0) is 14.4. The van der Waals surface area contributed by atoms with Crippen molar-refractivity contribution >= 4 is 17.3 Å². The van der Waals surface area contributed by atoms with Gasteiger partial charge in [0.25, 0.3) is 0 Å². The van der Waals surface area contributed by atoms with E-state index >= 15 is 0 Å². The van der Waals surface area contributed by atoms with Gasteiger partial charge in [0.05, 0.1) is 11.6 Å². The highest BCUT2D eigenvalue weighted by atomic mass is 32.2. The largest absolute Gasteiger partial charge is 0.612 e. The van der Waals surface area contributed by atoms with Crippen LogP contribution in [-0.2, 0) is 16.9 Å². The van der Waals surface area contributed by atoms with Gasteiger partial charge in [0, 0.05) is 5.56 Å². The van der Waals surface area contributed by atoms with Crippen molar-refractivity contribution in [2.24, 2.45) is 0 Å². The van der Waals surface area contributed by atoms with Crippen LogP contribution in [0.15, 0.2) is 53.9 Å². The van der Waals surface area contributed by atoms with Crippen LogP contribution >= 0.6 is 0 Å². The Kier molecular flexibility index (Phi) is 4.94. The van der Waals surface area contributed by atoms with Crippen molar-refractivity contribution in [1.82, 2.24) is 0 Å². The molecule has 0 heterocycles. The average Bonchev–Trinajstić information content (AvgIpc) is 2.47. The molecule has 0 radical (unpaired) electrons. The molecule has 2 aromatic carbocycles. The predicted molar refractivity (Wildman–Crippen MR) is 78.4 cm³/mol. The van der Waals surface area contributed by atoms with Crippen LogP contribution in [0.4, 0.5) is 4.39 Å². The fourth-order valence-electron chi connectivity index (χ4n) is 1.62. The zero-order valence-electron chi connectivity index (χ0n) is 10.6. The summed E-state index contributed by atoms with van der Waals surface area (Å²) in [7, 11) is 0. The third-order valence-electron chi connectivity index (χ3n) is 2.67. The van der Waals surface area contributed by atoms with Gasteiger partial charge in [-0.25, -0.2) is 4.39 Å². The molecule has 100 valence electrons. The maximum Gasteiger partial charge on any atom is 0.135 e. The first-order valence-electron chi connectivity index (χ1n) is 5.97. The minimum atomic E-state index is -1.14. The predicted octanol–water partition coefficient (Wildman–Crippen LogP) is 3.62. The summed E-state index contributed by atoms with van der Waals surface area (Å²) >= 11 is -1.14. The second-order valence-corrected chi connectivity index (χ2v) is 5.51. The van der Waals surface area contributed by atoms with Crippen LogP contribution in [-0.4, -0.2) is 4.55 Å². The van der Waals surface area contributed by atoms with Gasteiger partial charge in [-0.05, 0) is 47.1 Å². The Morgan fingerprint density at radius 2 is 1.75 bits per heavy atom. The van der Waals surface area contributed by atoms with Gasteiger partial charge in [0.15, 0.2) is 0 Å². The normalized spacial score (nSPS) is 12.2. The lowest BCUT2D eigenvalue weighted by Crippen LogP contribution is -1.99. The summed E-state index contributed by atoms with van der Waals surface area (Å²) in [5.74, 6) is 0.101. The van der Waals surface area contributed by atoms with Crippen LogP contribution in [0.25, 0.3) is 6.08 Å². The van der Waals surface area contributed by atoms with E-state index in [-0.39, 0.29) is 5.82 Å². The van der Waals surface area contributed by atoms with Crippen LogP contribution in [0.2, 0.25) is 0 Å². The van der Waals surface area contributed by atoms with Crippen LogP contribution < -0.4 is 0 Å². The van der Waals surface area contributed by atoms with E-state index in [0.29, 0.717) is 11.3 Å². The molecule has 0 aliphatic carbocycles. The Hall–Kier alpha value is -2.09. The molecule has 0 aliphatic heterocycles. The van der Waals surface area contributed by atoms with Crippen LogP contribution in [0, 0.1) is 17.1 Å². The second-order valence-electron chi connectivity index (χ2n) is 4.19. The van der Waals surface area contributed by atoms with Crippen molar-refractivity contribution in [3.05, 3.63) is 76.4 Å². The summed E-state index contributed by atoms with van der Waals surface area (Å²) in [4.78, 5) is 0. The van der Waals surface area contributed by atoms with Crippen LogP contribution in [0.3, 0.4) is 0 Å². The van der Waals surface area contributed by atoms with E-state index < -0.39 is 11.2 Å². The molecule has 1 atom stereocenters. The van der Waals surface area contributed by atoms with Crippen LogP contribution in [0.1, 0.15) is 16.7 Å². The number of hydrogen-bond donors (Lipinski definition) is 0. The highest BCUT2D eigenvalue weighted by Crippen LogP contribution is 2.11. The molecule has 0 aliphatic rings. The first-order chi connectivity index (χ1) is 9.67. The molecule has 2 aromatic rings. The molecular formula is C16H12FNOS. The van der Waals surface area contributed by atoms with Gasteiger partial charge in [-0.2, -0.15) is 5.26 Å². The number of nitriles is 1.